The van der Waals surface area contributed by atoms with Crippen LogP contribution >= 0.6 is 11.6 Å². The Kier molecular flexibility index (Phi) is 5.95. The molecule has 1 aliphatic heterocycles. The maximum atomic E-state index is 5.99. The number of nitrogens with zero attached hydrogens (tertiary/aromatic N) is 6. The molecule has 1 saturated heterocycles. The van der Waals surface area contributed by atoms with E-state index in [1.54, 1.807) is 6.33 Å². The molecule has 10 heteroatoms. The van der Waals surface area contributed by atoms with Crippen molar-refractivity contribution in [1.82, 2.24) is 24.5 Å². The van der Waals surface area contributed by atoms with E-state index in [9.17, 15) is 0 Å². The number of imidazole rings is 1. The van der Waals surface area contributed by atoms with Crippen LogP contribution in [0.3, 0.4) is 0 Å². The zero-order valence-corrected chi connectivity index (χ0v) is 18.9. The summed E-state index contributed by atoms with van der Waals surface area (Å²) in [5.74, 6) is 2.37. The number of anilines is 2. The smallest absolute Gasteiger partial charge is 0.232 e. The molecule has 0 bridgehead atoms. The Hall–Kier alpha value is -2.75. The summed E-state index contributed by atoms with van der Waals surface area (Å²) in [6.07, 6.45) is 6.18. The summed E-state index contributed by atoms with van der Waals surface area (Å²) in [5.41, 5.74) is 1.87. The number of hydrogen-bond donors (Lipinski definition) is 1. The Morgan fingerprint density at radius 1 is 1.12 bits per heavy atom. The number of nitrogens with one attached hydrogen (secondary N) is 1. The zero-order chi connectivity index (χ0) is 22.1. The van der Waals surface area contributed by atoms with Crippen LogP contribution in [0.5, 0.6) is 0 Å². The van der Waals surface area contributed by atoms with Crippen molar-refractivity contribution in [2.24, 2.45) is 5.92 Å². The highest BCUT2D eigenvalue weighted by atomic mass is 35.5. The van der Waals surface area contributed by atoms with Crippen molar-refractivity contribution in [3.8, 4) is 5.69 Å². The minimum Gasteiger partial charge on any atom is -0.353 e. The summed E-state index contributed by atoms with van der Waals surface area (Å²) in [6.45, 7) is 5.23. The number of hydrogen-bond acceptors (Lipinski definition) is 8. The van der Waals surface area contributed by atoms with Crippen molar-refractivity contribution in [2.75, 3.05) is 30.3 Å². The van der Waals surface area contributed by atoms with Gasteiger partial charge in [-0.2, -0.15) is 15.0 Å². The van der Waals surface area contributed by atoms with Crippen LogP contribution in [0.15, 0.2) is 36.8 Å². The van der Waals surface area contributed by atoms with Gasteiger partial charge in [-0.25, -0.2) is 4.98 Å². The molecule has 5 rings (SSSR count). The van der Waals surface area contributed by atoms with E-state index in [0.29, 0.717) is 48.8 Å². The second kappa shape index (κ2) is 9.01. The van der Waals surface area contributed by atoms with Gasteiger partial charge in [-0.15, -0.1) is 0 Å². The molecular formula is C22H26ClN7O2. The van der Waals surface area contributed by atoms with Gasteiger partial charge in [0.1, 0.15) is 19.3 Å². The van der Waals surface area contributed by atoms with E-state index in [1.807, 2.05) is 48.9 Å². The number of ether oxygens (including phenoxy) is 2. The third-order valence-corrected chi connectivity index (χ3v) is 6.01. The van der Waals surface area contributed by atoms with E-state index in [0.717, 1.165) is 11.4 Å². The van der Waals surface area contributed by atoms with Gasteiger partial charge < -0.3 is 24.3 Å². The molecule has 2 atom stereocenters. The lowest BCUT2D eigenvalue weighted by Crippen LogP contribution is -2.41. The lowest BCUT2D eigenvalue weighted by molar-refractivity contribution is -0.0333. The number of halogens is 1. The number of benzene rings is 1. The molecule has 9 nitrogen and oxygen atoms in total. The first kappa shape index (κ1) is 21.1. The van der Waals surface area contributed by atoms with Crippen LogP contribution in [0.25, 0.3) is 5.69 Å². The monoisotopic (exact) mass is 455 g/mol. The Balaban J connectivity index is 1.34. The van der Waals surface area contributed by atoms with Crippen LogP contribution in [0.1, 0.15) is 37.3 Å². The molecule has 3 aromatic rings. The summed E-state index contributed by atoms with van der Waals surface area (Å²) in [6, 6.07) is 7.76. The molecule has 0 radical (unpaired) electrons. The largest absolute Gasteiger partial charge is 0.353 e. The first-order valence-electron chi connectivity index (χ1n) is 10.8. The van der Waals surface area contributed by atoms with Gasteiger partial charge in [0.25, 0.3) is 0 Å². The van der Waals surface area contributed by atoms with Crippen molar-refractivity contribution in [3.63, 3.8) is 0 Å². The molecule has 0 spiro atoms. The van der Waals surface area contributed by atoms with Gasteiger partial charge in [-0.3, -0.25) is 0 Å². The number of aromatic nitrogens is 5. The first-order valence-corrected chi connectivity index (χ1v) is 11.2. The van der Waals surface area contributed by atoms with Crippen molar-refractivity contribution in [2.45, 2.75) is 38.8 Å². The Labute approximate surface area is 191 Å². The Morgan fingerprint density at radius 3 is 2.72 bits per heavy atom. The normalized spacial score (nSPS) is 20.1. The summed E-state index contributed by atoms with van der Waals surface area (Å²) in [5, 5.41) is 4.07. The third-order valence-electron chi connectivity index (χ3n) is 5.76. The highest BCUT2D eigenvalue weighted by molar-refractivity contribution is 6.30. The zero-order valence-electron chi connectivity index (χ0n) is 18.1. The van der Waals surface area contributed by atoms with E-state index < -0.39 is 0 Å². The molecule has 1 aliphatic carbocycles. The van der Waals surface area contributed by atoms with Crippen molar-refractivity contribution < 1.29 is 9.47 Å². The topological polar surface area (TPSA) is 90.2 Å². The van der Waals surface area contributed by atoms with Crippen molar-refractivity contribution >= 4 is 23.5 Å². The predicted octanol–water partition coefficient (Wildman–Crippen LogP) is 3.74. The molecule has 2 aromatic heterocycles. The average molecular weight is 456 g/mol. The van der Waals surface area contributed by atoms with Crippen LogP contribution in [0, 0.1) is 12.8 Å². The van der Waals surface area contributed by atoms with E-state index >= 15 is 0 Å². The highest BCUT2D eigenvalue weighted by Crippen LogP contribution is 2.37. The summed E-state index contributed by atoms with van der Waals surface area (Å²) < 4.78 is 13.2. The first-order chi connectivity index (χ1) is 15.6. The minimum atomic E-state index is -0.0962. The molecule has 0 amide bonds. The molecule has 168 valence electrons. The molecular weight excluding hydrogens is 430 g/mol. The standard InChI is InChI=1S/C22H26ClN7O2/c1-14(19-9-29(11-24-19)18-7-5-17(23)6-8-18)25-21-26-15(2)27-22(28-21)30-12-32-13-31-10-20(30)16-3-4-16/h5-9,11,14,16,20H,3-4,10,12-13H2,1-2H3,(H,25,26,27,28)/t14-,20+/m0/s1. The van der Waals surface area contributed by atoms with E-state index in [1.165, 1.54) is 12.8 Å². The quantitative estimate of drug-likeness (QED) is 0.601. The maximum Gasteiger partial charge on any atom is 0.232 e. The molecule has 32 heavy (non-hydrogen) atoms. The maximum absolute atomic E-state index is 5.99. The van der Waals surface area contributed by atoms with Crippen LogP contribution in [0.2, 0.25) is 5.02 Å². The Bertz CT molecular complexity index is 1070. The summed E-state index contributed by atoms with van der Waals surface area (Å²) in [4.78, 5) is 20.4. The number of aryl methyl sites for hydroxylation is 1. The third kappa shape index (κ3) is 4.69. The van der Waals surface area contributed by atoms with Gasteiger partial charge in [0, 0.05) is 16.9 Å². The van der Waals surface area contributed by atoms with Gasteiger partial charge >= 0.3 is 0 Å². The van der Waals surface area contributed by atoms with Gasteiger partial charge in [-0.1, -0.05) is 11.6 Å². The van der Waals surface area contributed by atoms with Gasteiger partial charge in [-0.05, 0) is 56.9 Å². The van der Waals surface area contributed by atoms with Gasteiger partial charge in [0.15, 0.2) is 0 Å². The fourth-order valence-corrected chi connectivity index (χ4v) is 4.00. The predicted molar refractivity (Wildman–Crippen MR) is 121 cm³/mol. The fraction of sp³-hybridized carbons (Fsp3) is 0.455. The SMILES string of the molecule is Cc1nc(N[C@@H](C)c2cn(-c3ccc(Cl)cc3)cn2)nc(N2COCOC[C@@H]2C2CC2)n1. The van der Waals surface area contributed by atoms with Gasteiger partial charge in [0.05, 0.1) is 30.7 Å². The number of rotatable bonds is 6. The average Bonchev–Trinajstić information content (AvgIpc) is 3.54. The van der Waals surface area contributed by atoms with Crippen LogP contribution < -0.4 is 10.2 Å². The van der Waals surface area contributed by atoms with Crippen LogP contribution in [0.4, 0.5) is 11.9 Å². The fourth-order valence-electron chi connectivity index (χ4n) is 3.87. The second-order valence-corrected chi connectivity index (χ2v) is 8.69. The lowest BCUT2D eigenvalue weighted by Gasteiger charge is -2.28. The second-order valence-electron chi connectivity index (χ2n) is 8.25. The van der Waals surface area contributed by atoms with Gasteiger partial charge in [0.2, 0.25) is 11.9 Å². The van der Waals surface area contributed by atoms with Crippen LogP contribution in [-0.4, -0.2) is 50.7 Å². The molecule has 2 aliphatic rings. The van der Waals surface area contributed by atoms with E-state index in [2.05, 4.69) is 25.2 Å². The van der Waals surface area contributed by atoms with Crippen LogP contribution in [-0.2, 0) is 9.47 Å². The lowest BCUT2D eigenvalue weighted by atomic mass is 10.2. The molecule has 1 saturated carbocycles. The summed E-state index contributed by atoms with van der Waals surface area (Å²) >= 11 is 5.99. The Morgan fingerprint density at radius 2 is 1.94 bits per heavy atom. The molecule has 2 fully saturated rings. The van der Waals surface area contributed by atoms with E-state index in [-0.39, 0.29) is 12.1 Å². The minimum absolute atomic E-state index is 0.0962. The highest BCUT2D eigenvalue weighted by Gasteiger charge is 2.38. The van der Waals surface area contributed by atoms with Crippen molar-refractivity contribution in [3.05, 3.63) is 53.3 Å². The molecule has 1 aromatic carbocycles. The molecule has 3 heterocycles. The van der Waals surface area contributed by atoms with Crippen molar-refractivity contribution in [1.29, 1.82) is 0 Å². The van der Waals surface area contributed by atoms with E-state index in [4.69, 9.17) is 26.1 Å². The molecule has 1 N–H and O–H groups in total. The summed E-state index contributed by atoms with van der Waals surface area (Å²) in [7, 11) is 0. The molecule has 0 unspecified atom stereocenters.